The van der Waals surface area contributed by atoms with Crippen LogP contribution in [-0.4, -0.2) is 77.6 Å². The Morgan fingerprint density at radius 2 is 1.93 bits per heavy atom. The molecule has 0 aliphatic carbocycles. The van der Waals surface area contributed by atoms with E-state index >= 15 is 0 Å². The molecule has 3 fully saturated rings. The molecule has 2 atom stereocenters. The van der Waals surface area contributed by atoms with Crippen LogP contribution in [0.4, 0.5) is 5.82 Å². The second-order valence-corrected chi connectivity index (χ2v) is 11.7. The van der Waals surface area contributed by atoms with E-state index in [4.69, 9.17) is 14.5 Å². The summed E-state index contributed by atoms with van der Waals surface area (Å²) in [4.78, 5) is 47.9. The first kappa shape index (κ1) is 26.9. The summed E-state index contributed by atoms with van der Waals surface area (Å²) in [5, 5.41) is 3.49. The molecular weight excluding hydrogens is 534 g/mol. The molecule has 0 spiro atoms. The number of carbonyl (C=O) groups is 3. The van der Waals surface area contributed by atoms with Crippen molar-refractivity contribution in [3.63, 3.8) is 0 Å². The first-order valence-corrected chi connectivity index (χ1v) is 14.9. The number of nitrogens with one attached hydrogen (secondary N) is 1. The molecule has 3 aromatic rings. The van der Waals surface area contributed by atoms with E-state index in [2.05, 4.69) is 45.4 Å². The van der Waals surface area contributed by atoms with E-state index in [1.165, 1.54) is 5.56 Å². The highest BCUT2D eigenvalue weighted by Gasteiger charge is 2.39. The molecule has 3 saturated heterocycles. The minimum absolute atomic E-state index is 0.0620. The van der Waals surface area contributed by atoms with Crippen LogP contribution >= 0.6 is 0 Å². The maximum Gasteiger partial charge on any atom is 0.255 e. The highest BCUT2D eigenvalue weighted by Crippen LogP contribution is 2.31. The normalized spacial score (nSPS) is 23.3. The number of carbonyl (C=O) groups excluding carboxylic acids is 3. The fraction of sp³-hybridized carbons (Fsp3) is 0.438. The zero-order chi connectivity index (χ0) is 28.6. The van der Waals surface area contributed by atoms with Gasteiger partial charge in [-0.3, -0.25) is 24.6 Å². The second kappa shape index (κ2) is 11.3. The molecule has 0 bridgehead atoms. The molecule has 5 heterocycles. The molecule has 10 nitrogen and oxygen atoms in total. The molecule has 218 valence electrons. The molecule has 3 amide bonds. The number of hydrogen-bond donors (Lipinski definition) is 1. The fourth-order valence-corrected chi connectivity index (χ4v) is 6.48. The summed E-state index contributed by atoms with van der Waals surface area (Å²) < 4.78 is 12.1. The number of aromatic nitrogens is 1. The number of fused-ring (bicyclic) bond motifs is 2. The third-order valence-corrected chi connectivity index (χ3v) is 8.71. The summed E-state index contributed by atoms with van der Waals surface area (Å²) >= 11 is 0. The van der Waals surface area contributed by atoms with Gasteiger partial charge < -0.3 is 19.3 Å². The topological polar surface area (TPSA) is 104 Å². The van der Waals surface area contributed by atoms with Crippen molar-refractivity contribution in [1.29, 1.82) is 0 Å². The molecule has 1 N–H and O–H groups in total. The highest BCUT2D eigenvalue weighted by atomic mass is 16.5. The average Bonchev–Trinajstić information content (AvgIpc) is 3.43. The van der Waals surface area contributed by atoms with Crippen LogP contribution in [0, 0.1) is 0 Å². The Balaban J connectivity index is 0.957. The molecule has 4 aliphatic heterocycles. The summed E-state index contributed by atoms with van der Waals surface area (Å²) in [6.45, 7) is 5.34. The van der Waals surface area contributed by atoms with Crippen molar-refractivity contribution in [2.75, 3.05) is 37.9 Å². The molecular formula is C32H35N5O5. The van der Waals surface area contributed by atoms with Crippen LogP contribution in [0.3, 0.4) is 0 Å². The van der Waals surface area contributed by atoms with E-state index in [0.29, 0.717) is 25.3 Å². The molecule has 7 rings (SSSR count). The lowest BCUT2D eigenvalue weighted by molar-refractivity contribution is -0.136. The average molecular weight is 570 g/mol. The number of nitrogens with zero attached hydrogens (tertiary/aromatic N) is 4. The van der Waals surface area contributed by atoms with Crippen LogP contribution in [0.5, 0.6) is 5.75 Å². The molecule has 1 aromatic heterocycles. The van der Waals surface area contributed by atoms with Crippen molar-refractivity contribution in [1.82, 2.24) is 20.1 Å². The van der Waals surface area contributed by atoms with Gasteiger partial charge in [0.15, 0.2) is 0 Å². The number of amides is 3. The third kappa shape index (κ3) is 5.44. The van der Waals surface area contributed by atoms with Crippen molar-refractivity contribution in [3.05, 3.63) is 65.2 Å². The lowest BCUT2D eigenvalue weighted by Crippen LogP contribution is -2.52. The van der Waals surface area contributed by atoms with Gasteiger partial charge in [0.2, 0.25) is 11.8 Å². The molecule has 0 saturated carbocycles. The van der Waals surface area contributed by atoms with Crippen molar-refractivity contribution in [2.24, 2.45) is 0 Å². The number of pyridine rings is 1. The number of imide groups is 1. The van der Waals surface area contributed by atoms with Gasteiger partial charge in [-0.2, -0.15) is 0 Å². The smallest absolute Gasteiger partial charge is 0.255 e. The standard InChI is InChI=1S/C32H35N5O5/c38-30-10-8-28(31(39)34-30)37-18-23-16-24(5-6-26(23)32(37)40)42-25-11-13-35(19-25)17-21-3-7-27-22(15-21)4-9-29(33-27)36-12-1-2-14-41-20-36/h3-7,9,15-16,25,28H,1-2,8,10-14,17-20H2,(H,34,38,39)/t25-,28?/m0/s1. The summed E-state index contributed by atoms with van der Waals surface area (Å²) in [7, 11) is 0. The molecule has 4 aliphatic rings. The van der Waals surface area contributed by atoms with Gasteiger partial charge in [-0.1, -0.05) is 6.07 Å². The summed E-state index contributed by atoms with van der Waals surface area (Å²) in [5.41, 5.74) is 3.70. The lowest BCUT2D eigenvalue weighted by Gasteiger charge is -2.29. The number of anilines is 1. The van der Waals surface area contributed by atoms with Crippen molar-refractivity contribution in [3.8, 4) is 5.75 Å². The van der Waals surface area contributed by atoms with Gasteiger partial charge >= 0.3 is 0 Å². The monoisotopic (exact) mass is 569 g/mol. The zero-order valence-corrected chi connectivity index (χ0v) is 23.6. The minimum atomic E-state index is -0.614. The maximum atomic E-state index is 13.0. The Morgan fingerprint density at radius 3 is 2.83 bits per heavy atom. The predicted octanol–water partition coefficient (Wildman–Crippen LogP) is 3.22. The van der Waals surface area contributed by atoms with Gasteiger partial charge in [0.25, 0.3) is 5.91 Å². The number of likely N-dealkylation sites (tertiary alicyclic amines) is 1. The second-order valence-electron chi connectivity index (χ2n) is 11.7. The van der Waals surface area contributed by atoms with E-state index in [9.17, 15) is 14.4 Å². The fourth-order valence-electron chi connectivity index (χ4n) is 6.48. The summed E-state index contributed by atoms with van der Waals surface area (Å²) in [6, 6.07) is 15.7. The van der Waals surface area contributed by atoms with Crippen molar-refractivity contribution >= 4 is 34.4 Å². The molecule has 42 heavy (non-hydrogen) atoms. The van der Waals surface area contributed by atoms with E-state index in [-0.39, 0.29) is 24.3 Å². The third-order valence-electron chi connectivity index (χ3n) is 8.71. The highest BCUT2D eigenvalue weighted by molar-refractivity contribution is 6.05. The van der Waals surface area contributed by atoms with Crippen LogP contribution in [0.2, 0.25) is 0 Å². The maximum absolute atomic E-state index is 13.0. The first-order chi connectivity index (χ1) is 20.5. The number of ether oxygens (including phenoxy) is 2. The largest absolute Gasteiger partial charge is 0.489 e. The van der Waals surface area contributed by atoms with Crippen molar-refractivity contribution < 1.29 is 23.9 Å². The Hall–Kier alpha value is -4.02. The first-order valence-electron chi connectivity index (χ1n) is 14.9. The number of hydrogen-bond acceptors (Lipinski definition) is 8. The number of benzene rings is 2. The molecule has 1 unspecified atom stereocenters. The van der Waals surface area contributed by atoms with Crippen LogP contribution in [0.1, 0.15) is 53.6 Å². The van der Waals surface area contributed by atoms with E-state index in [0.717, 1.165) is 80.1 Å². The van der Waals surface area contributed by atoms with Crippen LogP contribution in [0.25, 0.3) is 10.9 Å². The van der Waals surface area contributed by atoms with E-state index in [1.54, 1.807) is 11.0 Å². The number of rotatable bonds is 6. The van der Waals surface area contributed by atoms with Crippen LogP contribution < -0.4 is 15.0 Å². The Bertz CT molecular complexity index is 1530. The van der Waals surface area contributed by atoms with Crippen LogP contribution in [0.15, 0.2) is 48.5 Å². The Kier molecular flexibility index (Phi) is 7.25. The lowest BCUT2D eigenvalue weighted by atomic mass is 10.0. The van der Waals surface area contributed by atoms with Gasteiger partial charge in [-0.05, 0) is 79.3 Å². The SMILES string of the molecule is O=C1CCC(N2Cc3cc(O[C@H]4CCN(Cc5ccc6nc(N7CCCCOC7)ccc6c5)C4)ccc3C2=O)C(=O)N1. The number of piperidine rings is 1. The van der Waals surface area contributed by atoms with Gasteiger partial charge in [-0.25, -0.2) is 4.98 Å². The Morgan fingerprint density at radius 1 is 1.00 bits per heavy atom. The van der Waals surface area contributed by atoms with E-state index in [1.807, 2.05) is 12.1 Å². The van der Waals surface area contributed by atoms with Crippen molar-refractivity contribution in [2.45, 2.75) is 57.3 Å². The van der Waals surface area contributed by atoms with Crippen LogP contribution in [-0.2, 0) is 27.4 Å². The molecule has 2 aromatic carbocycles. The Labute approximate surface area is 244 Å². The quantitative estimate of drug-likeness (QED) is 0.452. The minimum Gasteiger partial charge on any atom is -0.489 e. The van der Waals surface area contributed by atoms with Gasteiger partial charge in [0, 0.05) is 56.7 Å². The van der Waals surface area contributed by atoms with Gasteiger partial charge in [0.1, 0.15) is 30.4 Å². The zero-order valence-electron chi connectivity index (χ0n) is 23.6. The van der Waals surface area contributed by atoms with Gasteiger partial charge in [0.05, 0.1) is 5.52 Å². The molecule has 0 radical (unpaired) electrons. The van der Waals surface area contributed by atoms with Gasteiger partial charge in [-0.15, -0.1) is 0 Å². The van der Waals surface area contributed by atoms with E-state index < -0.39 is 11.9 Å². The summed E-state index contributed by atoms with van der Waals surface area (Å²) in [5.74, 6) is 0.853. The summed E-state index contributed by atoms with van der Waals surface area (Å²) in [6.07, 6.45) is 3.80. The predicted molar refractivity (Wildman–Crippen MR) is 156 cm³/mol. The molecule has 10 heteroatoms.